The van der Waals surface area contributed by atoms with E-state index in [1.165, 1.54) is 5.56 Å². The highest BCUT2D eigenvalue weighted by Gasteiger charge is 2.27. The van der Waals surface area contributed by atoms with Crippen molar-refractivity contribution in [2.24, 2.45) is 0 Å². The number of amides is 1. The van der Waals surface area contributed by atoms with Crippen LogP contribution in [0.25, 0.3) is 0 Å². The summed E-state index contributed by atoms with van der Waals surface area (Å²) >= 11 is 0. The normalized spacial score (nSPS) is 11.5. The van der Waals surface area contributed by atoms with Gasteiger partial charge in [0, 0.05) is 0 Å². The summed E-state index contributed by atoms with van der Waals surface area (Å²) in [5.74, 6) is 0.944. The highest BCUT2D eigenvalue weighted by atomic mass is 16.5. The van der Waals surface area contributed by atoms with Crippen LogP contribution in [0.3, 0.4) is 0 Å². The zero-order valence-corrected chi connectivity index (χ0v) is 13.5. The van der Waals surface area contributed by atoms with Crippen molar-refractivity contribution in [3.8, 4) is 5.75 Å². The van der Waals surface area contributed by atoms with Gasteiger partial charge in [0.25, 0.3) is 5.91 Å². The predicted octanol–water partition coefficient (Wildman–Crippen LogP) is 2.86. The smallest absolute Gasteiger partial charge is 0.258 e. The lowest BCUT2D eigenvalue weighted by molar-refractivity contribution is -0.125. The van der Waals surface area contributed by atoms with Gasteiger partial charge >= 0.3 is 0 Å². The minimum atomic E-state index is -0.540. The molecule has 0 atom stereocenters. The van der Waals surface area contributed by atoms with Gasteiger partial charge in [0.15, 0.2) is 6.61 Å². The van der Waals surface area contributed by atoms with E-state index in [1.54, 1.807) is 0 Å². The van der Waals surface area contributed by atoms with Crippen LogP contribution in [-0.4, -0.2) is 29.8 Å². The first kappa shape index (κ1) is 17.5. The fraction of sp³-hybridized carbons (Fsp3) is 0.588. The van der Waals surface area contributed by atoms with Crippen molar-refractivity contribution in [2.45, 2.75) is 52.0 Å². The zero-order chi connectivity index (χ0) is 15.9. The molecule has 0 heterocycles. The van der Waals surface area contributed by atoms with E-state index in [1.807, 2.05) is 38.1 Å². The van der Waals surface area contributed by atoms with E-state index < -0.39 is 5.54 Å². The molecule has 0 radical (unpaired) electrons. The molecule has 0 bridgehead atoms. The summed E-state index contributed by atoms with van der Waals surface area (Å²) in [6.45, 7) is 8.06. The van der Waals surface area contributed by atoms with E-state index in [9.17, 15) is 9.90 Å². The Hall–Kier alpha value is -1.55. The molecule has 0 saturated heterocycles. The van der Waals surface area contributed by atoms with Crippen LogP contribution >= 0.6 is 0 Å². The van der Waals surface area contributed by atoms with E-state index in [2.05, 4.69) is 19.2 Å². The van der Waals surface area contributed by atoms with Crippen LogP contribution in [0.5, 0.6) is 5.75 Å². The van der Waals surface area contributed by atoms with Crippen LogP contribution in [0.4, 0.5) is 0 Å². The molecule has 0 aliphatic heterocycles. The average Bonchev–Trinajstić information content (AvgIpc) is 2.51. The van der Waals surface area contributed by atoms with Crippen molar-refractivity contribution in [3.63, 3.8) is 0 Å². The Morgan fingerprint density at radius 3 is 2.24 bits per heavy atom. The molecule has 4 nitrogen and oxygen atoms in total. The molecular weight excluding hydrogens is 266 g/mol. The third-order valence-electron chi connectivity index (χ3n) is 3.98. The largest absolute Gasteiger partial charge is 0.484 e. The van der Waals surface area contributed by atoms with Crippen LogP contribution in [0.15, 0.2) is 24.3 Å². The molecule has 1 amide bonds. The number of benzene rings is 1. The molecule has 2 N–H and O–H groups in total. The van der Waals surface area contributed by atoms with Gasteiger partial charge in [-0.1, -0.05) is 39.8 Å². The summed E-state index contributed by atoms with van der Waals surface area (Å²) in [4.78, 5) is 11.9. The summed E-state index contributed by atoms with van der Waals surface area (Å²) in [6, 6.07) is 7.77. The minimum absolute atomic E-state index is 0.0389. The van der Waals surface area contributed by atoms with Crippen molar-refractivity contribution in [1.82, 2.24) is 5.32 Å². The second-order valence-electron chi connectivity index (χ2n) is 5.71. The molecule has 0 spiro atoms. The van der Waals surface area contributed by atoms with Gasteiger partial charge in [-0.2, -0.15) is 0 Å². The fourth-order valence-electron chi connectivity index (χ4n) is 2.12. The number of nitrogens with one attached hydrogen (secondary N) is 1. The quantitative estimate of drug-likeness (QED) is 0.775. The summed E-state index contributed by atoms with van der Waals surface area (Å²) in [6.07, 6.45) is 1.38. The van der Waals surface area contributed by atoms with Crippen molar-refractivity contribution in [2.75, 3.05) is 13.2 Å². The van der Waals surface area contributed by atoms with Crippen LogP contribution in [0, 0.1) is 0 Å². The van der Waals surface area contributed by atoms with Crippen LogP contribution in [0.2, 0.25) is 0 Å². The Balaban J connectivity index is 2.53. The van der Waals surface area contributed by atoms with Gasteiger partial charge in [0.1, 0.15) is 5.75 Å². The summed E-state index contributed by atoms with van der Waals surface area (Å²) < 4.78 is 5.49. The Morgan fingerprint density at radius 2 is 1.81 bits per heavy atom. The van der Waals surface area contributed by atoms with Gasteiger partial charge in [-0.25, -0.2) is 0 Å². The number of aliphatic hydroxyl groups excluding tert-OH is 1. The number of ether oxygens (including phenoxy) is 1. The van der Waals surface area contributed by atoms with Crippen molar-refractivity contribution < 1.29 is 14.6 Å². The first-order chi connectivity index (χ1) is 9.96. The molecule has 0 aromatic heterocycles. The molecule has 118 valence electrons. The van der Waals surface area contributed by atoms with Crippen LogP contribution in [0.1, 0.15) is 52.0 Å². The fourth-order valence-corrected chi connectivity index (χ4v) is 2.12. The lowest BCUT2D eigenvalue weighted by Gasteiger charge is -2.30. The first-order valence-electron chi connectivity index (χ1n) is 7.61. The summed E-state index contributed by atoms with van der Waals surface area (Å²) in [5, 5.41) is 12.3. The van der Waals surface area contributed by atoms with E-state index in [0.29, 0.717) is 24.5 Å². The van der Waals surface area contributed by atoms with Gasteiger partial charge in [-0.3, -0.25) is 4.79 Å². The maximum Gasteiger partial charge on any atom is 0.258 e. The summed E-state index contributed by atoms with van der Waals surface area (Å²) in [7, 11) is 0. The lowest BCUT2D eigenvalue weighted by atomic mass is 9.94. The van der Waals surface area contributed by atoms with Crippen molar-refractivity contribution in [3.05, 3.63) is 29.8 Å². The molecule has 1 aromatic carbocycles. The monoisotopic (exact) mass is 293 g/mol. The molecule has 0 aliphatic rings. The van der Waals surface area contributed by atoms with E-state index >= 15 is 0 Å². The van der Waals surface area contributed by atoms with E-state index in [-0.39, 0.29) is 19.1 Å². The molecule has 1 aromatic rings. The molecule has 0 aliphatic carbocycles. The van der Waals surface area contributed by atoms with E-state index in [4.69, 9.17) is 4.74 Å². The van der Waals surface area contributed by atoms with Crippen LogP contribution in [-0.2, 0) is 4.79 Å². The zero-order valence-electron chi connectivity index (χ0n) is 13.5. The van der Waals surface area contributed by atoms with Crippen LogP contribution < -0.4 is 10.1 Å². The molecule has 21 heavy (non-hydrogen) atoms. The molecule has 1 rings (SSSR count). The highest BCUT2D eigenvalue weighted by Crippen LogP contribution is 2.18. The molecule has 4 heteroatoms. The number of rotatable bonds is 8. The Morgan fingerprint density at radius 1 is 1.24 bits per heavy atom. The van der Waals surface area contributed by atoms with Crippen molar-refractivity contribution in [1.29, 1.82) is 0 Å². The number of aliphatic hydroxyl groups is 1. The van der Waals surface area contributed by atoms with Gasteiger partial charge in [0.2, 0.25) is 0 Å². The second-order valence-corrected chi connectivity index (χ2v) is 5.71. The maximum absolute atomic E-state index is 11.9. The van der Waals surface area contributed by atoms with Crippen molar-refractivity contribution >= 4 is 5.91 Å². The first-order valence-corrected chi connectivity index (χ1v) is 7.61. The Labute approximate surface area is 127 Å². The molecule has 0 saturated carbocycles. The highest BCUT2D eigenvalue weighted by molar-refractivity contribution is 5.78. The van der Waals surface area contributed by atoms with Gasteiger partial charge in [0.05, 0.1) is 12.1 Å². The standard InChI is InChI=1S/C17H27NO3/c1-5-17(6-2,12-19)18-16(20)11-21-15-9-7-14(8-10-15)13(3)4/h7-10,13,19H,5-6,11-12H2,1-4H3,(H,18,20). The maximum atomic E-state index is 11.9. The van der Waals surface area contributed by atoms with Gasteiger partial charge in [-0.05, 0) is 36.5 Å². The average molecular weight is 293 g/mol. The number of carbonyl (C=O) groups is 1. The number of carbonyl (C=O) groups excluding carboxylic acids is 1. The third-order valence-corrected chi connectivity index (χ3v) is 3.98. The lowest BCUT2D eigenvalue weighted by Crippen LogP contribution is -2.51. The molecule has 0 fully saturated rings. The topological polar surface area (TPSA) is 58.6 Å². The van der Waals surface area contributed by atoms with Gasteiger partial charge in [-0.15, -0.1) is 0 Å². The minimum Gasteiger partial charge on any atom is -0.484 e. The third kappa shape index (κ3) is 5.05. The number of hydrogen-bond acceptors (Lipinski definition) is 3. The Kier molecular flexibility index (Phi) is 6.69. The SMILES string of the molecule is CCC(CC)(CO)NC(=O)COc1ccc(C(C)C)cc1. The predicted molar refractivity (Wildman–Crippen MR) is 84.6 cm³/mol. The van der Waals surface area contributed by atoms with E-state index in [0.717, 1.165) is 0 Å². The number of hydrogen-bond donors (Lipinski definition) is 2. The molecular formula is C17H27NO3. The Bertz CT molecular complexity index is 428. The second kappa shape index (κ2) is 8.03. The summed E-state index contributed by atoms with van der Waals surface area (Å²) in [5.41, 5.74) is 0.699. The van der Waals surface area contributed by atoms with Gasteiger partial charge < -0.3 is 15.2 Å². The molecule has 0 unspecified atom stereocenters.